The van der Waals surface area contributed by atoms with Crippen LogP contribution in [-0.4, -0.2) is 19.6 Å². The van der Waals surface area contributed by atoms with E-state index in [9.17, 15) is 0 Å². The zero-order valence-electron chi connectivity index (χ0n) is 12.0. The summed E-state index contributed by atoms with van der Waals surface area (Å²) in [4.78, 5) is 4.41. The molecule has 2 aromatic heterocycles. The first kappa shape index (κ1) is 12.3. The van der Waals surface area contributed by atoms with Gasteiger partial charge < -0.3 is 5.32 Å². The van der Waals surface area contributed by atoms with Crippen LogP contribution >= 0.6 is 0 Å². The van der Waals surface area contributed by atoms with Crippen molar-refractivity contribution in [2.75, 3.05) is 5.32 Å². The van der Waals surface area contributed by atoms with Crippen molar-refractivity contribution in [3.63, 3.8) is 0 Å². The molecule has 0 saturated heterocycles. The van der Waals surface area contributed by atoms with Crippen LogP contribution in [-0.2, 0) is 6.54 Å². The van der Waals surface area contributed by atoms with E-state index in [1.165, 1.54) is 24.0 Å². The van der Waals surface area contributed by atoms with E-state index in [1.54, 1.807) is 0 Å². The molecule has 0 atom stereocenters. The average molecular weight is 279 g/mol. The Kier molecular flexibility index (Phi) is 2.84. The second kappa shape index (κ2) is 4.84. The minimum Gasteiger partial charge on any atom is -0.363 e. The van der Waals surface area contributed by atoms with E-state index in [-0.39, 0.29) is 0 Å². The molecule has 1 saturated carbocycles. The van der Waals surface area contributed by atoms with Gasteiger partial charge in [-0.3, -0.25) is 4.40 Å². The highest BCUT2D eigenvalue weighted by Crippen LogP contribution is 2.39. The summed E-state index contributed by atoms with van der Waals surface area (Å²) in [6, 6.07) is 8.35. The number of aromatic nitrogens is 4. The summed E-state index contributed by atoms with van der Waals surface area (Å²) in [5.41, 5.74) is 3.35. The lowest BCUT2D eigenvalue weighted by Gasteiger charge is -2.08. The molecule has 4 rings (SSSR count). The van der Waals surface area contributed by atoms with Crippen LogP contribution in [0.3, 0.4) is 0 Å². The Morgan fingerprint density at radius 3 is 2.90 bits per heavy atom. The molecule has 5 heteroatoms. The molecule has 0 spiro atoms. The van der Waals surface area contributed by atoms with E-state index in [0.717, 1.165) is 23.8 Å². The highest BCUT2D eigenvalue weighted by Gasteiger charge is 2.29. The van der Waals surface area contributed by atoms with Gasteiger partial charge in [0.05, 0.1) is 0 Å². The molecule has 2 heterocycles. The number of nitrogens with one attached hydrogen (secondary N) is 1. The highest BCUT2D eigenvalue weighted by atomic mass is 15.3. The Hall–Kier alpha value is -2.43. The fourth-order valence-corrected chi connectivity index (χ4v) is 2.58. The van der Waals surface area contributed by atoms with E-state index in [0.29, 0.717) is 5.92 Å². The minimum atomic E-state index is 0.576. The fourth-order valence-electron chi connectivity index (χ4n) is 2.58. The van der Waals surface area contributed by atoms with Gasteiger partial charge in [0.15, 0.2) is 5.82 Å². The minimum absolute atomic E-state index is 0.576. The largest absolute Gasteiger partial charge is 0.363 e. The van der Waals surface area contributed by atoms with Crippen LogP contribution in [0.5, 0.6) is 0 Å². The molecule has 0 radical (unpaired) electrons. The molecule has 21 heavy (non-hydrogen) atoms. The van der Waals surface area contributed by atoms with Crippen LogP contribution in [0.15, 0.2) is 36.7 Å². The van der Waals surface area contributed by atoms with Crippen LogP contribution in [0.1, 0.15) is 35.7 Å². The maximum atomic E-state index is 4.41. The molecule has 106 valence electrons. The first-order valence-electron chi connectivity index (χ1n) is 7.31. The van der Waals surface area contributed by atoms with Crippen molar-refractivity contribution in [2.45, 2.75) is 32.2 Å². The molecule has 0 unspecified atom stereocenters. The normalized spacial score (nSPS) is 14.5. The van der Waals surface area contributed by atoms with Crippen LogP contribution in [0.2, 0.25) is 0 Å². The molecular weight excluding hydrogens is 262 g/mol. The van der Waals surface area contributed by atoms with E-state index in [4.69, 9.17) is 0 Å². The lowest BCUT2D eigenvalue weighted by molar-refractivity contribution is 0.894. The summed E-state index contributed by atoms with van der Waals surface area (Å²) in [6.07, 6.45) is 6.19. The Balaban J connectivity index is 1.63. The summed E-state index contributed by atoms with van der Waals surface area (Å²) in [6.45, 7) is 2.86. The lowest BCUT2D eigenvalue weighted by atomic mass is 10.1. The Bertz CT molecular complexity index is 788. The van der Waals surface area contributed by atoms with Crippen molar-refractivity contribution in [3.05, 3.63) is 53.6 Å². The third kappa shape index (κ3) is 2.24. The van der Waals surface area contributed by atoms with E-state index >= 15 is 0 Å². The average Bonchev–Trinajstić information content (AvgIpc) is 3.26. The number of rotatable bonds is 4. The van der Waals surface area contributed by atoms with Crippen molar-refractivity contribution >= 4 is 11.5 Å². The van der Waals surface area contributed by atoms with E-state index in [2.05, 4.69) is 56.1 Å². The Morgan fingerprint density at radius 1 is 1.24 bits per heavy atom. The first-order chi connectivity index (χ1) is 10.3. The number of hydrogen-bond donors (Lipinski definition) is 1. The molecule has 0 bridgehead atoms. The van der Waals surface area contributed by atoms with Crippen molar-refractivity contribution in [2.24, 2.45) is 0 Å². The molecule has 0 aliphatic heterocycles. The first-order valence-corrected chi connectivity index (χ1v) is 7.31. The summed E-state index contributed by atoms with van der Waals surface area (Å²) < 4.78 is 2.06. The zero-order chi connectivity index (χ0) is 14.2. The summed E-state index contributed by atoms with van der Waals surface area (Å²) in [7, 11) is 0. The summed E-state index contributed by atoms with van der Waals surface area (Å²) in [5, 5.41) is 12.0. The molecule has 1 aliphatic rings. The maximum absolute atomic E-state index is 4.41. The predicted molar refractivity (Wildman–Crippen MR) is 81.3 cm³/mol. The molecule has 1 fully saturated rings. The maximum Gasteiger partial charge on any atom is 0.203 e. The van der Waals surface area contributed by atoms with Gasteiger partial charge in [-0.25, -0.2) is 4.98 Å². The van der Waals surface area contributed by atoms with E-state index in [1.807, 2.05) is 12.4 Å². The monoisotopic (exact) mass is 279 g/mol. The zero-order valence-corrected chi connectivity index (χ0v) is 12.0. The van der Waals surface area contributed by atoms with Gasteiger partial charge in [0.2, 0.25) is 5.65 Å². The van der Waals surface area contributed by atoms with Crippen LogP contribution < -0.4 is 5.32 Å². The third-order valence-electron chi connectivity index (χ3n) is 4.00. The molecule has 1 N–H and O–H groups in total. The number of aryl methyl sites for hydroxylation is 1. The third-order valence-corrected chi connectivity index (χ3v) is 4.00. The van der Waals surface area contributed by atoms with Crippen molar-refractivity contribution < 1.29 is 0 Å². The fraction of sp³-hybridized carbons (Fsp3) is 0.312. The Labute approximate surface area is 123 Å². The molecule has 0 amide bonds. The topological polar surface area (TPSA) is 55.1 Å². The Morgan fingerprint density at radius 2 is 2.10 bits per heavy atom. The van der Waals surface area contributed by atoms with Crippen molar-refractivity contribution in [1.29, 1.82) is 0 Å². The molecule has 5 nitrogen and oxygen atoms in total. The van der Waals surface area contributed by atoms with Gasteiger partial charge in [0.1, 0.15) is 5.82 Å². The second-order valence-electron chi connectivity index (χ2n) is 5.58. The quantitative estimate of drug-likeness (QED) is 0.798. The van der Waals surface area contributed by atoms with Crippen LogP contribution in [0.4, 0.5) is 5.82 Å². The van der Waals surface area contributed by atoms with Gasteiger partial charge in [0.25, 0.3) is 0 Å². The SMILES string of the molecule is Cc1ccccc1CNc1nccn2c(C3CC3)nnc12. The lowest BCUT2D eigenvalue weighted by Crippen LogP contribution is -2.05. The molecule has 1 aliphatic carbocycles. The van der Waals surface area contributed by atoms with Gasteiger partial charge in [-0.2, -0.15) is 0 Å². The van der Waals surface area contributed by atoms with Gasteiger partial charge in [-0.15, -0.1) is 10.2 Å². The van der Waals surface area contributed by atoms with Crippen molar-refractivity contribution in [1.82, 2.24) is 19.6 Å². The van der Waals surface area contributed by atoms with Gasteiger partial charge in [-0.1, -0.05) is 24.3 Å². The molecular formula is C16H17N5. The summed E-state index contributed by atoms with van der Waals surface area (Å²) >= 11 is 0. The van der Waals surface area contributed by atoms with E-state index < -0.39 is 0 Å². The summed E-state index contributed by atoms with van der Waals surface area (Å²) in [5.74, 6) is 2.43. The predicted octanol–water partition coefficient (Wildman–Crippen LogP) is 2.92. The van der Waals surface area contributed by atoms with Crippen LogP contribution in [0.25, 0.3) is 5.65 Å². The highest BCUT2D eigenvalue weighted by molar-refractivity contribution is 5.62. The number of hydrogen-bond acceptors (Lipinski definition) is 4. The van der Waals surface area contributed by atoms with Gasteiger partial charge in [0, 0.05) is 24.9 Å². The number of nitrogens with zero attached hydrogens (tertiary/aromatic N) is 4. The number of anilines is 1. The number of benzene rings is 1. The number of fused-ring (bicyclic) bond motifs is 1. The van der Waals surface area contributed by atoms with Crippen molar-refractivity contribution in [3.8, 4) is 0 Å². The smallest absolute Gasteiger partial charge is 0.203 e. The standard InChI is InChI=1S/C16H17N5/c1-11-4-2-3-5-13(11)10-18-14-16-20-19-15(12-6-7-12)21(16)9-8-17-14/h2-5,8-9,12H,6-7,10H2,1H3,(H,17,18). The van der Waals surface area contributed by atoms with Gasteiger partial charge in [-0.05, 0) is 30.9 Å². The molecule has 3 aromatic rings. The van der Waals surface area contributed by atoms with Crippen LogP contribution in [0, 0.1) is 6.92 Å². The van der Waals surface area contributed by atoms with Gasteiger partial charge >= 0.3 is 0 Å². The molecule has 1 aromatic carbocycles. The second-order valence-corrected chi connectivity index (χ2v) is 5.58.